The van der Waals surface area contributed by atoms with E-state index in [9.17, 15) is 14.7 Å². The first-order valence-electron chi connectivity index (χ1n) is 8.17. The lowest BCUT2D eigenvalue weighted by atomic mass is 9.64. The number of nitrogens with zero attached hydrogens (tertiary/aromatic N) is 1. The quantitative estimate of drug-likeness (QED) is 0.817. The number of aliphatic hydroxyl groups is 1. The highest BCUT2D eigenvalue weighted by molar-refractivity contribution is 5.89. The molecule has 1 saturated heterocycles. The summed E-state index contributed by atoms with van der Waals surface area (Å²) in [5.74, 6) is -0.101. The summed E-state index contributed by atoms with van der Waals surface area (Å²) in [6, 6.07) is 0.382. The summed E-state index contributed by atoms with van der Waals surface area (Å²) >= 11 is 0. The van der Waals surface area contributed by atoms with E-state index in [2.05, 4.69) is 5.32 Å². The van der Waals surface area contributed by atoms with Crippen molar-refractivity contribution in [2.45, 2.75) is 70.6 Å². The van der Waals surface area contributed by atoms with Crippen LogP contribution < -0.4 is 5.32 Å². The Hall–Kier alpha value is -1.10. The van der Waals surface area contributed by atoms with Crippen molar-refractivity contribution < 1.29 is 14.7 Å². The zero-order valence-corrected chi connectivity index (χ0v) is 13.0. The number of hydrogen-bond donors (Lipinski definition) is 2. The topological polar surface area (TPSA) is 69.6 Å². The second-order valence-corrected chi connectivity index (χ2v) is 7.52. The number of nitrogens with one attached hydrogen (secondary N) is 1. The summed E-state index contributed by atoms with van der Waals surface area (Å²) in [6.45, 7) is 4.51. The number of carbonyl (C=O) groups is 2. The number of hydrogen-bond acceptors (Lipinski definition) is 3. The fourth-order valence-corrected chi connectivity index (χ4v) is 3.91. The molecule has 3 unspecified atom stereocenters. The van der Waals surface area contributed by atoms with Crippen molar-refractivity contribution in [3.05, 3.63) is 0 Å². The van der Waals surface area contributed by atoms with Gasteiger partial charge in [-0.2, -0.15) is 0 Å². The van der Waals surface area contributed by atoms with Crippen LogP contribution in [0.15, 0.2) is 0 Å². The van der Waals surface area contributed by atoms with Crippen molar-refractivity contribution in [2.24, 2.45) is 11.3 Å². The third-order valence-corrected chi connectivity index (χ3v) is 5.83. The average molecular weight is 294 g/mol. The maximum absolute atomic E-state index is 12.4. The van der Waals surface area contributed by atoms with Crippen LogP contribution in [0.4, 0.5) is 0 Å². The number of rotatable bonds is 3. The highest BCUT2D eigenvalue weighted by Crippen LogP contribution is 2.40. The summed E-state index contributed by atoms with van der Waals surface area (Å²) < 4.78 is 0. The van der Waals surface area contributed by atoms with Gasteiger partial charge in [0.1, 0.15) is 0 Å². The molecule has 2 N–H and O–H groups in total. The van der Waals surface area contributed by atoms with Gasteiger partial charge in [0.15, 0.2) is 0 Å². The molecule has 1 heterocycles. The molecule has 3 rings (SSSR count). The fraction of sp³-hybridized carbons (Fsp3) is 0.875. The molecule has 2 saturated carbocycles. The lowest BCUT2D eigenvalue weighted by Crippen LogP contribution is -2.62. The third kappa shape index (κ3) is 2.56. The number of amides is 2. The molecule has 5 heteroatoms. The van der Waals surface area contributed by atoms with Gasteiger partial charge in [0.25, 0.3) is 0 Å². The molecule has 0 aromatic carbocycles. The summed E-state index contributed by atoms with van der Waals surface area (Å²) in [4.78, 5) is 26.4. The Bertz CT molecular complexity index is 443. The minimum Gasteiger partial charge on any atom is -0.392 e. The molecule has 2 amide bonds. The predicted molar refractivity (Wildman–Crippen MR) is 78.4 cm³/mol. The Morgan fingerprint density at radius 3 is 2.57 bits per heavy atom. The Balaban J connectivity index is 1.55. The van der Waals surface area contributed by atoms with Crippen LogP contribution in [0.2, 0.25) is 0 Å². The molecule has 0 bridgehead atoms. The zero-order valence-electron chi connectivity index (χ0n) is 13.0. The van der Waals surface area contributed by atoms with Gasteiger partial charge in [-0.25, -0.2) is 0 Å². The smallest absolute Gasteiger partial charge is 0.225 e. The molecule has 21 heavy (non-hydrogen) atoms. The van der Waals surface area contributed by atoms with Gasteiger partial charge in [-0.1, -0.05) is 26.7 Å². The van der Waals surface area contributed by atoms with Crippen LogP contribution in [0.1, 0.15) is 52.4 Å². The third-order valence-electron chi connectivity index (χ3n) is 5.83. The first-order chi connectivity index (χ1) is 9.89. The van der Waals surface area contributed by atoms with Crippen LogP contribution in [0, 0.1) is 11.3 Å². The van der Waals surface area contributed by atoms with Crippen LogP contribution in [-0.2, 0) is 9.59 Å². The van der Waals surface area contributed by atoms with Gasteiger partial charge in [-0.3, -0.25) is 9.59 Å². The van der Waals surface area contributed by atoms with Gasteiger partial charge in [0.05, 0.1) is 12.0 Å². The van der Waals surface area contributed by atoms with Crippen molar-refractivity contribution in [3.63, 3.8) is 0 Å². The van der Waals surface area contributed by atoms with Crippen LogP contribution in [0.3, 0.4) is 0 Å². The van der Waals surface area contributed by atoms with Crippen LogP contribution >= 0.6 is 0 Å². The van der Waals surface area contributed by atoms with Crippen molar-refractivity contribution in [1.82, 2.24) is 10.2 Å². The molecule has 118 valence electrons. The van der Waals surface area contributed by atoms with Crippen molar-refractivity contribution in [3.8, 4) is 0 Å². The standard InChI is InChI=1S/C16H26N2O3/c1-16(2)12(8-13(16)19)17-15(21)10-7-14(20)18(9-10)11-5-3-4-6-11/h10-13,19H,3-9H2,1-2H3,(H,17,21). The van der Waals surface area contributed by atoms with Gasteiger partial charge in [-0.05, 0) is 19.3 Å². The molecule has 0 spiro atoms. The summed E-state index contributed by atoms with van der Waals surface area (Å²) in [5.41, 5.74) is -0.261. The van der Waals surface area contributed by atoms with Crippen molar-refractivity contribution in [2.75, 3.05) is 6.54 Å². The van der Waals surface area contributed by atoms with Crippen LogP contribution in [0.5, 0.6) is 0 Å². The number of aliphatic hydroxyl groups excluding tert-OH is 1. The van der Waals surface area contributed by atoms with Crippen molar-refractivity contribution >= 4 is 11.8 Å². The van der Waals surface area contributed by atoms with Crippen LogP contribution in [-0.4, -0.2) is 46.6 Å². The molecule has 3 atom stereocenters. The van der Waals surface area contributed by atoms with E-state index in [4.69, 9.17) is 0 Å². The zero-order chi connectivity index (χ0) is 15.2. The summed E-state index contributed by atoms with van der Waals surface area (Å²) in [6.07, 6.45) is 5.18. The molecule has 1 aliphatic heterocycles. The van der Waals surface area contributed by atoms with Gasteiger partial charge < -0.3 is 15.3 Å². The molecular weight excluding hydrogens is 268 g/mol. The highest BCUT2D eigenvalue weighted by atomic mass is 16.3. The monoisotopic (exact) mass is 294 g/mol. The van der Waals surface area contributed by atoms with Gasteiger partial charge in [0.2, 0.25) is 11.8 Å². The minimum atomic E-state index is -0.344. The van der Waals surface area contributed by atoms with Gasteiger partial charge in [-0.15, -0.1) is 0 Å². The second kappa shape index (κ2) is 5.27. The van der Waals surface area contributed by atoms with E-state index < -0.39 is 0 Å². The Kier molecular flexibility index (Phi) is 3.72. The normalized spacial score (nSPS) is 35.9. The van der Waals surface area contributed by atoms with E-state index in [1.807, 2.05) is 18.7 Å². The molecule has 0 radical (unpaired) electrons. The molecule has 0 aromatic heterocycles. The predicted octanol–water partition coefficient (Wildman–Crippen LogP) is 1.05. The lowest BCUT2D eigenvalue weighted by Gasteiger charge is -2.49. The van der Waals surface area contributed by atoms with E-state index in [-0.39, 0.29) is 35.3 Å². The Morgan fingerprint density at radius 1 is 1.33 bits per heavy atom. The van der Waals surface area contributed by atoms with Crippen LogP contribution in [0.25, 0.3) is 0 Å². The SMILES string of the molecule is CC1(C)C(O)CC1NC(=O)C1CC(=O)N(C2CCCC2)C1. The highest BCUT2D eigenvalue weighted by Gasteiger charge is 2.49. The molecule has 0 aromatic rings. The summed E-state index contributed by atoms with van der Waals surface area (Å²) in [7, 11) is 0. The largest absolute Gasteiger partial charge is 0.392 e. The molecule has 2 aliphatic carbocycles. The molecule has 5 nitrogen and oxygen atoms in total. The second-order valence-electron chi connectivity index (χ2n) is 7.52. The van der Waals surface area contributed by atoms with E-state index in [1.165, 1.54) is 12.8 Å². The first-order valence-corrected chi connectivity index (χ1v) is 8.17. The van der Waals surface area contributed by atoms with Gasteiger partial charge >= 0.3 is 0 Å². The van der Waals surface area contributed by atoms with E-state index >= 15 is 0 Å². The molecular formula is C16H26N2O3. The Morgan fingerprint density at radius 2 is 2.00 bits per heavy atom. The number of likely N-dealkylation sites (tertiary alicyclic amines) is 1. The van der Waals surface area contributed by atoms with E-state index in [0.717, 1.165) is 12.8 Å². The fourth-order valence-electron chi connectivity index (χ4n) is 3.91. The van der Waals surface area contributed by atoms with E-state index in [1.54, 1.807) is 0 Å². The first kappa shape index (κ1) is 14.8. The number of carbonyl (C=O) groups excluding carboxylic acids is 2. The van der Waals surface area contributed by atoms with Gasteiger partial charge in [0, 0.05) is 30.5 Å². The Labute approximate surface area is 126 Å². The minimum absolute atomic E-state index is 0.0196. The van der Waals surface area contributed by atoms with Crippen molar-refractivity contribution in [1.29, 1.82) is 0 Å². The molecule has 3 fully saturated rings. The summed E-state index contributed by atoms with van der Waals surface area (Å²) in [5, 5.41) is 12.8. The maximum atomic E-state index is 12.4. The average Bonchev–Trinajstić information content (AvgIpc) is 3.07. The maximum Gasteiger partial charge on any atom is 0.225 e. The lowest BCUT2D eigenvalue weighted by molar-refractivity contribution is -0.133. The molecule has 3 aliphatic rings. The van der Waals surface area contributed by atoms with E-state index in [0.29, 0.717) is 25.4 Å².